The standard InChI is InChI=1S/C29H28FN5O3S/c1-34-13-4-5-19(34)8-10-33-29(37)21-17-35-23-6-2-3-7-24(23)38-27-25(35)20(26(21)36)15-22(30)28(27)39-14-9-18-16-31-11-12-32-18/h2-3,6-7,11-12,15-17,19H,4-5,8-10,13-14H2,1H3,(H,33,37). The summed E-state index contributed by atoms with van der Waals surface area (Å²) >= 11 is 1.30. The lowest BCUT2D eigenvalue weighted by molar-refractivity contribution is 0.0949. The molecule has 10 heteroatoms. The Labute approximate surface area is 229 Å². The first-order chi connectivity index (χ1) is 19.0. The topological polar surface area (TPSA) is 89.4 Å². The third-order valence-corrected chi connectivity index (χ3v) is 8.47. The van der Waals surface area contributed by atoms with Gasteiger partial charge in [0.25, 0.3) is 5.91 Å². The third kappa shape index (κ3) is 4.90. The van der Waals surface area contributed by atoms with Gasteiger partial charge in [-0.15, -0.1) is 11.8 Å². The molecule has 1 fully saturated rings. The number of nitrogens with one attached hydrogen (secondary N) is 1. The van der Waals surface area contributed by atoms with Crippen molar-refractivity contribution in [2.45, 2.75) is 36.6 Å². The molecular formula is C29H28FN5O3S. The van der Waals surface area contributed by atoms with E-state index >= 15 is 4.39 Å². The van der Waals surface area contributed by atoms with Crippen LogP contribution in [0.4, 0.5) is 4.39 Å². The molecule has 0 aliphatic carbocycles. The van der Waals surface area contributed by atoms with E-state index in [0.717, 1.165) is 31.5 Å². The number of likely N-dealkylation sites (tertiary alicyclic amines) is 1. The fourth-order valence-electron chi connectivity index (χ4n) is 5.35. The van der Waals surface area contributed by atoms with Crippen molar-refractivity contribution in [3.63, 3.8) is 0 Å². The molecule has 1 amide bonds. The quantitative estimate of drug-likeness (QED) is 0.286. The lowest BCUT2D eigenvalue weighted by Gasteiger charge is -2.25. The van der Waals surface area contributed by atoms with E-state index in [1.807, 2.05) is 18.2 Å². The maximum atomic E-state index is 15.6. The average Bonchev–Trinajstić information content (AvgIpc) is 3.36. The fraction of sp³-hybridized carbons (Fsp3) is 0.310. The number of rotatable bonds is 8. The van der Waals surface area contributed by atoms with Crippen LogP contribution in [0, 0.1) is 5.82 Å². The minimum absolute atomic E-state index is 0.0209. The van der Waals surface area contributed by atoms with Gasteiger partial charge in [-0.05, 0) is 51.1 Å². The molecule has 0 saturated carbocycles. The first-order valence-corrected chi connectivity index (χ1v) is 14.0. The third-order valence-electron chi connectivity index (χ3n) is 7.39. The Morgan fingerprint density at radius 2 is 2.15 bits per heavy atom. The number of fused-ring (bicyclic) bond motifs is 2. The first-order valence-electron chi connectivity index (χ1n) is 13.1. The second-order valence-electron chi connectivity index (χ2n) is 9.84. The summed E-state index contributed by atoms with van der Waals surface area (Å²) in [5, 5.41) is 3.02. The van der Waals surface area contributed by atoms with Crippen molar-refractivity contribution in [1.82, 2.24) is 24.8 Å². The van der Waals surface area contributed by atoms with Gasteiger partial charge in [0.2, 0.25) is 5.43 Å². The van der Waals surface area contributed by atoms with Crippen molar-refractivity contribution in [3.8, 4) is 17.2 Å². The highest BCUT2D eigenvalue weighted by molar-refractivity contribution is 7.99. The zero-order valence-electron chi connectivity index (χ0n) is 21.5. The minimum Gasteiger partial charge on any atom is -0.452 e. The van der Waals surface area contributed by atoms with Crippen LogP contribution in [0.3, 0.4) is 0 Å². The van der Waals surface area contributed by atoms with E-state index in [1.54, 1.807) is 35.4 Å². The van der Waals surface area contributed by atoms with Crippen LogP contribution in [0.5, 0.6) is 11.5 Å². The number of halogens is 1. The number of amides is 1. The molecule has 4 heterocycles. The van der Waals surface area contributed by atoms with E-state index in [0.29, 0.717) is 46.6 Å². The molecule has 8 nitrogen and oxygen atoms in total. The molecule has 1 N–H and O–H groups in total. The Morgan fingerprint density at radius 3 is 2.95 bits per heavy atom. The summed E-state index contributed by atoms with van der Waals surface area (Å²) in [7, 11) is 2.09. The van der Waals surface area contributed by atoms with Gasteiger partial charge in [0.15, 0.2) is 11.5 Å². The molecule has 0 spiro atoms. The number of ether oxygens (including phenoxy) is 1. The number of carbonyl (C=O) groups is 1. The number of carbonyl (C=O) groups excluding carboxylic acids is 1. The van der Waals surface area contributed by atoms with E-state index in [-0.39, 0.29) is 16.7 Å². The van der Waals surface area contributed by atoms with Gasteiger partial charge < -0.3 is 19.5 Å². The van der Waals surface area contributed by atoms with E-state index in [1.165, 1.54) is 17.8 Å². The molecule has 39 heavy (non-hydrogen) atoms. The smallest absolute Gasteiger partial charge is 0.256 e. The lowest BCUT2D eigenvalue weighted by Crippen LogP contribution is -2.34. The summed E-state index contributed by atoms with van der Waals surface area (Å²) in [5.41, 5.74) is 1.39. The Morgan fingerprint density at radius 1 is 1.28 bits per heavy atom. The summed E-state index contributed by atoms with van der Waals surface area (Å²) in [6.07, 6.45) is 10.1. The highest BCUT2D eigenvalue weighted by atomic mass is 32.2. The maximum absolute atomic E-state index is 15.6. The van der Waals surface area contributed by atoms with Gasteiger partial charge in [-0.2, -0.15) is 0 Å². The highest BCUT2D eigenvalue weighted by Crippen LogP contribution is 2.46. The van der Waals surface area contributed by atoms with Gasteiger partial charge in [0.1, 0.15) is 16.9 Å². The van der Waals surface area contributed by atoms with Gasteiger partial charge in [0, 0.05) is 49.5 Å². The molecule has 200 valence electrons. The average molecular weight is 546 g/mol. The molecular weight excluding hydrogens is 517 g/mol. The Kier molecular flexibility index (Phi) is 7.05. The van der Waals surface area contributed by atoms with Crippen LogP contribution in [0.2, 0.25) is 0 Å². The summed E-state index contributed by atoms with van der Waals surface area (Å²) in [4.78, 5) is 37.7. The van der Waals surface area contributed by atoms with Crippen LogP contribution in [-0.2, 0) is 6.42 Å². The SMILES string of the molecule is CN1CCCC1CCNC(=O)c1cn2c3c(c(SCCc4cnccn4)c(F)cc3c1=O)Oc1ccccc1-2. The summed E-state index contributed by atoms with van der Waals surface area (Å²) in [6.45, 7) is 1.52. The molecule has 0 radical (unpaired) electrons. The number of thioether (sulfide) groups is 1. The van der Waals surface area contributed by atoms with Gasteiger partial charge in [-0.3, -0.25) is 19.6 Å². The van der Waals surface area contributed by atoms with Crippen LogP contribution < -0.4 is 15.5 Å². The van der Waals surface area contributed by atoms with Crippen molar-refractivity contribution < 1.29 is 13.9 Å². The Bertz CT molecular complexity index is 1610. The molecule has 0 bridgehead atoms. The predicted molar refractivity (Wildman–Crippen MR) is 149 cm³/mol. The van der Waals surface area contributed by atoms with E-state index < -0.39 is 17.2 Å². The molecule has 2 aromatic carbocycles. The number of benzene rings is 2. The van der Waals surface area contributed by atoms with Gasteiger partial charge >= 0.3 is 0 Å². The zero-order chi connectivity index (χ0) is 26.9. The van der Waals surface area contributed by atoms with Gasteiger partial charge in [-0.1, -0.05) is 12.1 Å². The normalized spacial score (nSPS) is 16.2. The Hall–Kier alpha value is -3.76. The first kappa shape index (κ1) is 25.5. The zero-order valence-corrected chi connectivity index (χ0v) is 22.3. The van der Waals surface area contributed by atoms with Crippen molar-refractivity contribution >= 4 is 28.6 Å². The molecule has 1 saturated heterocycles. The number of aryl methyl sites for hydroxylation is 1. The van der Waals surface area contributed by atoms with Crippen LogP contribution in [0.1, 0.15) is 35.3 Å². The van der Waals surface area contributed by atoms with E-state index in [9.17, 15) is 9.59 Å². The van der Waals surface area contributed by atoms with Crippen LogP contribution in [0.25, 0.3) is 16.6 Å². The second-order valence-corrected chi connectivity index (χ2v) is 10.9. The minimum atomic E-state index is -0.563. The van der Waals surface area contributed by atoms with E-state index in [2.05, 4.69) is 27.2 Å². The number of hydrogen-bond acceptors (Lipinski definition) is 7. The monoisotopic (exact) mass is 545 g/mol. The molecule has 2 aliphatic heterocycles. The number of nitrogens with zero attached hydrogens (tertiary/aromatic N) is 4. The summed E-state index contributed by atoms with van der Waals surface area (Å²) < 4.78 is 23.5. The number of aromatic nitrogens is 3. The van der Waals surface area contributed by atoms with E-state index in [4.69, 9.17) is 4.74 Å². The summed E-state index contributed by atoms with van der Waals surface area (Å²) in [6, 6.07) is 8.98. The van der Waals surface area contributed by atoms with Crippen molar-refractivity contribution in [1.29, 1.82) is 0 Å². The number of pyridine rings is 1. The van der Waals surface area contributed by atoms with Gasteiger partial charge in [-0.25, -0.2) is 4.39 Å². The van der Waals surface area contributed by atoms with Gasteiger partial charge in [0.05, 0.1) is 21.7 Å². The Balaban J connectivity index is 1.36. The molecule has 4 aromatic rings. The molecule has 2 aromatic heterocycles. The lowest BCUT2D eigenvalue weighted by atomic mass is 10.1. The molecule has 6 rings (SSSR count). The van der Waals surface area contributed by atoms with Crippen molar-refractivity contribution in [2.24, 2.45) is 0 Å². The number of hydrogen-bond donors (Lipinski definition) is 1. The van der Waals surface area contributed by atoms with Crippen LogP contribution in [-0.4, -0.2) is 57.3 Å². The second kappa shape index (κ2) is 10.8. The molecule has 1 atom stereocenters. The number of para-hydroxylation sites is 2. The highest BCUT2D eigenvalue weighted by Gasteiger charge is 2.28. The van der Waals surface area contributed by atoms with Crippen molar-refractivity contribution in [2.75, 3.05) is 25.9 Å². The molecule has 1 unspecified atom stereocenters. The van der Waals surface area contributed by atoms with Crippen LogP contribution in [0.15, 0.2) is 64.8 Å². The molecule has 2 aliphatic rings. The fourth-order valence-corrected chi connectivity index (χ4v) is 6.33. The summed E-state index contributed by atoms with van der Waals surface area (Å²) in [5.74, 6) is 0.319. The largest absolute Gasteiger partial charge is 0.452 e. The maximum Gasteiger partial charge on any atom is 0.256 e. The van der Waals surface area contributed by atoms with Crippen LogP contribution >= 0.6 is 11.8 Å². The predicted octanol–water partition coefficient (Wildman–Crippen LogP) is 4.57. The van der Waals surface area contributed by atoms with Crippen molar-refractivity contribution in [3.05, 3.63) is 82.4 Å².